The van der Waals surface area contributed by atoms with Gasteiger partial charge in [-0.2, -0.15) is 0 Å². The van der Waals surface area contributed by atoms with E-state index in [1.165, 1.54) is 11.1 Å². The van der Waals surface area contributed by atoms with E-state index < -0.39 is 5.97 Å². The number of carbonyl (C=O) groups is 1. The van der Waals surface area contributed by atoms with Crippen molar-refractivity contribution in [2.45, 2.75) is 19.9 Å². The monoisotopic (exact) mass is 280 g/mol. The average molecular weight is 280 g/mol. The minimum Gasteiger partial charge on any atom is -0.478 e. The van der Waals surface area contributed by atoms with Crippen LogP contribution in [0.2, 0.25) is 0 Å². The molecule has 3 rings (SSSR count). The number of aryl methyl sites for hydroxylation is 1. The standard InChI is InChI=1S/C17H16N2O2/c1-2-12-6-8-13(9-7-12)10-19-11-18-16-14(17(20)21)4-3-5-15(16)19/h3-9,11H,2,10H2,1H3,(H,20,21). The van der Waals surface area contributed by atoms with Crippen LogP contribution in [0.3, 0.4) is 0 Å². The molecule has 1 heterocycles. The number of fused-ring (bicyclic) bond motifs is 1. The molecule has 1 aromatic heterocycles. The molecule has 106 valence electrons. The van der Waals surface area contributed by atoms with E-state index in [0.29, 0.717) is 12.1 Å². The largest absolute Gasteiger partial charge is 0.478 e. The van der Waals surface area contributed by atoms with E-state index in [2.05, 4.69) is 36.2 Å². The molecule has 4 heteroatoms. The maximum Gasteiger partial charge on any atom is 0.337 e. The van der Waals surface area contributed by atoms with Gasteiger partial charge in [-0.25, -0.2) is 9.78 Å². The Bertz CT molecular complexity index is 788. The lowest BCUT2D eigenvalue weighted by Gasteiger charge is -2.06. The van der Waals surface area contributed by atoms with E-state index in [9.17, 15) is 9.90 Å². The summed E-state index contributed by atoms with van der Waals surface area (Å²) in [5.41, 5.74) is 4.10. The van der Waals surface area contributed by atoms with Gasteiger partial charge in [0.25, 0.3) is 0 Å². The molecule has 0 saturated heterocycles. The van der Waals surface area contributed by atoms with Crippen molar-refractivity contribution in [2.24, 2.45) is 0 Å². The fourth-order valence-electron chi connectivity index (χ4n) is 2.46. The molecule has 1 N–H and O–H groups in total. The minimum atomic E-state index is -0.946. The van der Waals surface area contributed by atoms with Crippen LogP contribution in [0, 0.1) is 0 Å². The highest BCUT2D eigenvalue weighted by atomic mass is 16.4. The van der Waals surface area contributed by atoms with Gasteiger partial charge in [-0.05, 0) is 29.7 Å². The van der Waals surface area contributed by atoms with Gasteiger partial charge in [0.15, 0.2) is 0 Å². The number of benzene rings is 2. The summed E-state index contributed by atoms with van der Waals surface area (Å²) in [7, 11) is 0. The van der Waals surface area contributed by atoms with Crippen LogP contribution in [-0.4, -0.2) is 20.6 Å². The third kappa shape index (κ3) is 2.52. The van der Waals surface area contributed by atoms with E-state index in [1.807, 2.05) is 10.6 Å². The van der Waals surface area contributed by atoms with Crippen molar-refractivity contribution in [1.82, 2.24) is 9.55 Å². The van der Waals surface area contributed by atoms with E-state index in [-0.39, 0.29) is 5.56 Å². The number of hydrogen-bond donors (Lipinski definition) is 1. The van der Waals surface area contributed by atoms with Gasteiger partial charge in [0.2, 0.25) is 0 Å². The Hall–Kier alpha value is -2.62. The number of para-hydroxylation sites is 1. The van der Waals surface area contributed by atoms with Crippen molar-refractivity contribution in [2.75, 3.05) is 0 Å². The summed E-state index contributed by atoms with van der Waals surface area (Å²) in [4.78, 5) is 15.5. The van der Waals surface area contributed by atoms with Gasteiger partial charge in [0.1, 0.15) is 5.52 Å². The average Bonchev–Trinajstić information content (AvgIpc) is 2.91. The van der Waals surface area contributed by atoms with E-state index in [1.54, 1.807) is 18.5 Å². The molecule has 0 amide bonds. The predicted octanol–water partition coefficient (Wildman–Crippen LogP) is 3.35. The SMILES string of the molecule is CCc1ccc(Cn2cnc3c(C(=O)O)cccc32)cc1. The molecule has 0 atom stereocenters. The second-order valence-electron chi connectivity index (χ2n) is 5.02. The number of carboxylic acids is 1. The normalized spacial score (nSPS) is 10.9. The fourth-order valence-corrected chi connectivity index (χ4v) is 2.46. The fraction of sp³-hybridized carbons (Fsp3) is 0.176. The number of imidazole rings is 1. The Morgan fingerprint density at radius 1 is 1.14 bits per heavy atom. The minimum absolute atomic E-state index is 0.243. The first kappa shape index (κ1) is 13.4. The smallest absolute Gasteiger partial charge is 0.337 e. The molecular formula is C17H16N2O2. The molecule has 0 unspecified atom stereocenters. The molecule has 0 fully saturated rings. The van der Waals surface area contributed by atoms with Gasteiger partial charge < -0.3 is 9.67 Å². The van der Waals surface area contributed by atoms with E-state index in [4.69, 9.17) is 0 Å². The lowest BCUT2D eigenvalue weighted by atomic mass is 10.1. The van der Waals surface area contributed by atoms with Gasteiger partial charge in [0.05, 0.1) is 17.4 Å². The Balaban J connectivity index is 1.97. The van der Waals surface area contributed by atoms with Gasteiger partial charge in [-0.1, -0.05) is 37.3 Å². The summed E-state index contributed by atoms with van der Waals surface area (Å²) in [5, 5.41) is 9.19. The second-order valence-corrected chi connectivity index (χ2v) is 5.02. The number of carboxylic acid groups (broad SMARTS) is 1. The second kappa shape index (κ2) is 5.40. The van der Waals surface area contributed by atoms with Crippen molar-refractivity contribution in [3.05, 3.63) is 65.5 Å². The maximum absolute atomic E-state index is 11.2. The first-order valence-electron chi connectivity index (χ1n) is 6.94. The molecular weight excluding hydrogens is 264 g/mol. The number of aromatic nitrogens is 2. The summed E-state index contributed by atoms with van der Waals surface area (Å²) in [6.45, 7) is 2.81. The zero-order chi connectivity index (χ0) is 14.8. The third-order valence-corrected chi connectivity index (χ3v) is 3.66. The van der Waals surface area contributed by atoms with Crippen LogP contribution >= 0.6 is 0 Å². The van der Waals surface area contributed by atoms with Crippen molar-refractivity contribution >= 4 is 17.0 Å². The number of hydrogen-bond acceptors (Lipinski definition) is 2. The lowest BCUT2D eigenvalue weighted by molar-refractivity contribution is 0.0699. The van der Waals surface area contributed by atoms with Crippen LogP contribution in [0.15, 0.2) is 48.8 Å². The lowest BCUT2D eigenvalue weighted by Crippen LogP contribution is -2.00. The molecule has 0 radical (unpaired) electrons. The summed E-state index contributed by atoms with van der Waals surface area (Å²) >= 11 is 0. The molecule has 0 aliphatic heterocycles. The number of nitrogens with zero attached hydrogens (tertiary/aromatic N) is 2. The van der Waals surface area contributed by atoms with Crippen LogP contribution in [0.1, 0.15) is 28.4 Å². The van der Waals surface area contributed by atoms with Crippen LogP contribution in [0.4, 0.5) is 0 Å². The predicted molar refractivity (Wildman–Crippen MR) is 81.6 cm³/mol. The van der Waals surface area contributed by atoms with Gasteiger partial charge in [-0.3, -0.25) is 0 Å². The van der Waals surface area contributed by atoms with Crippen LogP contribution in [-0.2, 0) is 13.0 Å². The zero-order valence-corrected chi connectivity index (χ0v) is 11.8. The van der Waals surface area contributed by atoms with Crippen LogP contribution in [0.25, 0.3) is 11.0 Å². The quantitative estimate of drug-likeness (QED) is 0.797. The summed E-state index contributed by atoms with van der Waals surface area (Å²) in [6.07, 6.45) is 2.72. The van der Waals surface area contributed by atoms with E-state index >= 15 is 0 Å². The van der Waals surface area contributed by atoms with Crippen molar-refractivity contribution < 1.29 is 9.90 Å². The summed E-state index contributed by atoms with van der Waals surface area (Å²) in [6, 6.07) is 13.7. The van der Waals surface area contributed by atoms with Crippen molar-refractivity contribution in [3.63, 3.8) is 0 Å². The first-order valence-corrected chi connectivity index (χ1v) is 6.94. The maximum atomic E-state index is 11.2. The molecule has 2 aromatic carbocycles. The highest BCUT2D eigenvalue weighted by Crippen LogP contribution is 2.19. The van der Waals surface area contributed by atoms with Gasteiger partial charge in [-0.15, -0.1) is 0 Å². The first-order chi connectivity index (χ1) is 10.2. The molecule has 0 aliphatic rings. The molecule has 4 nitrogen and oxygen atoms in total. The number of aromatic carboxylic acids is 1. The zero-order valence-electron chi connectivity index (χ0n) is 11.8. The Morgan fingerprint density at radius 3 is 2.52 bits per heavy atom. The molecule has 0 aliphatic carbocycles. The number of rotatable bonds is 4. The molecule has 0 spiro atoms. The summed E-state index contributed by atoms with van der Waals surface area (Å²) < 4.78 is 1.97. The van der Waals surface area contributed by atoms with Gasteiger partial charge >= 0.3 is 5.97 Å². The van der Waals surface area contributed by atoms with Crippen molar-refractivity contribution in [3.8, 4) is 0 Å². The van der Waals surface area contributed by atoms with E-state index in [0.717, 1.165) is 11.9 Å². The Kier molecular flexibility index (Phi) is 3.44. The highest BCUT2D eigenvalue weighted by molar-refractivity contribution is 6.00. The van der Waals surface area contributed by atoms with Crippen LogP contribution < -0.4 is 0 Å². The molecule has 0 bridgehead atoms. The molecule has 3 aromatic rings. The third-order valence-electron chi connectivity index (χ3n) is 3.66. The molecule has 0 saturated carbocycles. The van der Waals surface area contributed by atoms with Crippen LogP contribution in [0.5, 0.6) is 0 Å². The molecule has 21 heavy (non-hydrogen) atoms. The summed E-state index contributed by atoms with van der Waals surface area (Å²) in [5.74, 6) is -0.946. The Morgan fingerprint density at radius 2 is 1.86 bits per heavy atom. The van der Waals surface area contributed by atoms with Crippen molar-refractivity contribution in [1.29, 1.82) is 0 Å². The Labute approximate surface area is 122 Å². The van der Waals surface area contributed by atoms with Gasteiger partial charge in [0, 0.05) is 6.54 Å². The highest BCUT2D eigenvalue weighted by Gasteiger charge is 2.12. The topological polar surface area (TPSA) is 55.1 Å².